The minimum atomic E-state index is 0.246. The molecule has 0 bridgehead atoms. The summed E-state index contributed by atoms with van der Waals surface area (Å²) in [5.74, 6) is 0.746. The number of benzene rings is 2. The molecular weight excluding hydrogens is 324 g/mol. The van der Waals surface area contributed by atoms with Crippen LogP contribution in [0.3, 0.4) is 0 Å². The summed E-state index contributed by atoms with van der Waals surface area (Å²) in [5.41, 5.74) is 2.09. The third kappa shape index (κ3) is 3.60. The highest BCUT2D eigenvalue weighted by atomic mass is 15.3. The Kier molecular flexibility index (Phi) is 4.66. The van der Waals surface area contributed by atoms with Crippen molar-refractivity contribution in [3.05, 3.63) is 73.1 Å². The van der Waals surface area contributed by atoms with E-state index >= 15 is 0 Å². The van der Waals surface area contributed by atoms with Crippen LogP contribution in [0, 0.1) is 0 Å². The molecule has 0 spiro atoms. The Labute approximate surface area is 152 Å². The van der Waals surface area contributed by atoms with Crippen molar-refractivity contribution < 1.29 is 0 Å². The van der Waals surface area contributed by atoms with Crippen LogP contribution < -0.4 is 5.32 Å². The topological polar surface area (TPSA) is 68.5 Å². The SMILES string of the molecule is C[C@@H](CNCc1cnc(-c2ccc3ccccc3c2)nc1)n1cncn1. The van der Waals surface area contributed by atoms with Gasteiger partial charge >= 0.3 is 0 Å². The average molecular weight is 344 g/mol. The Morgan fingerprint density at radius 2 is 1.85 bits per heavy atom. The number of fused-ring (bicyclic) bond motifs is 1. The lowest BCUT2D eigenvalue weighted by atomic mass is 10.1. The van der Waals surface area contributed by atoms with Crippen molar-refractivity contribution in [2.45, 2.75) is 19.5 Å². The first-order valence-electron chi connectivity index (χ1n) is 8.64. The molecule has 6 nitrogen and oxygen atoms in total. The van der Waals surface area contributed by atoms with Crippen LogP contribution in [-0.4, -0.2) is 31.3 Å². The molecule has 2 aromatic heterocycles. The van der Waals surface area contributed by atoms with Crippen molar-refractivity contribution in [1.82, 2.24) is 30.0 Å². The van der Waals surface area contributed by atoms with E-state index in [9.17, 15) is 0 Å². The van der Waals surface area contributed by atoms with E-state index in [1.165, 1.54) is 10.8 Å². The summed E-state index contributed by atoms with van der Waals surface area (Å²) in [7, 11) is 0. The minimum absolute atomic E-state index is 0.246. The molecule has 0 aliphatic carbocycles. The molecule has 1 N–H and O–H groups in total. The van der Waals surface area contributed by atoms with Crippen LogP contribution in [0.25, 0.3) is 22.2 Å². The monoisotopic (exact) mass is 344 g/mol. The molecule has 0 aliphatic rings. The van der Waals surface area contributed by atoms with Gasteiger partial charge in [0.05, 0.1) is 6.04 Å². The van der Waals surface area contributed by atoms with Crippen molar-refractivity contribution >= 4 is 10.8 Å². The third-order valence-electron chi connectivity index (χ3n) is 4.37. The van der Waals surface area contributed by atoms with E-state index in [1.54, 1.807) is 12.7 Å². The maximum absolute atomic E-state index is 4.52. The highest BCUT2D eigenvalue weighted by Crippen LogP contribution is 2.21. The van der Waals surface area contributed by atoms with Gasteiger partial charge in [0.2, 0.25) is 0 Å². The minimum Gasteiger partial charge on any atom is -0.310 e. The third-order valence-corrected chi connectivity index (χ3v) is 4.37. The van der Waals surface area contributed by atoms with E-state index in [2.05, 4.69) is 62.6 Å². The zero-order valence-corrected chi connectivity index (χ0v) is 14.6. The number of hydrogen-bond donors (Lipinski definition) is 1. The Bertz CT molecular complexity index is 979. The van der Waals surface area contributed by atoms with E-state index in [0.717, 1.165) is 30.0 Å². The van der Waals surface area contributed by atoms with Gasteiger partial charge in [0.15, 0.2) is 5.82 Å². The smallest absolute Gasteiger partial charge is 0.159 e. The summed E-state index contributed by atoms with van der Waals surface area (Å²) in [6.45, 7) is 3.62. The first-order valence-corrected chi connectivity index (χ1v) is 8.64. The van der Waals surface area contributed by atoms with Crippen LogP contribution in [0.15, 0.2) is 67.5 Å². The maximum atomic E-state index is 4.52. The summed E-state index contributed by atoms with van der Waals surface area (Å²) in [5, 5.41) is 9.97. The lowest BCUT2D eigenvalue weighted by Gasteiger charge is -2.12. The van der Waals surface area contributed by atoms with Crippen LogP contribution in [0.2, 0.25) is 0 Å². The molecule has 0 saturated heterocycles. The summed E-state index contributed by atoms with van der Waals surface area (Å²) >= 11 is 0. The van der Waals surface area contributed by atoms with Gasteiger partial charge < -0.3 is 5.32 Å². The average Bonchev–Trinajstić information content (AvgIpc) is 3.23. The zero-order valence-electron chi connectivity index (χ0n) is 14.6. The van der Waals surface area contributed by atoms with Gasteiger partial charge in [0.1, 0.15) is 12.7 Å². The maximum Gasteiger partial charge on any atom is 0.159 e. The standard InChI is InChI=1S/C20H20N6/c1-15(26-14-22-13-25-26)9-21-10-16-11-23-20(24-12-16)19-7-6-17-4-2-3-5-18(17)8-19/h2-8,11-15,21H,9-10H2,1H3/t15-/m0/s1. The summed E-state index contributed by atoms with van der Waals surface area (Å²) in [6.07, 6.45) is 7.04. The van der Waals surface area contributed by atoms with Gasteiger partial charge in [0, 0.05) is 36.6 Å². The lowest BCUT2D eigenvalue weighted by Crippen LogP contribution is -2.23. The number of hydrogen-bond acceptors (Lipinski definition) is 5. The molecular formula is C20H20N6. The summed E-state index contributed by atoms with van der Waals surface area (Å²) in [4.78, 5) is 13.0. The Morgan fingerprint density at radius 3 is 2.62 bits per heavy atom. The zero-order chi connectivity index (χ0) is 17.8. The van der Waals surface area contributed by atoms with Gasteiger partial charge in [-0.1, -0.05) is 36.4 Å². The van der Waals surface area contributed by atoms with Gasteiger partial charge in [-0.3, -0.25) is 0 Å². The van der Waals surface area contributed by atoms with Gasteiger partial charge in [-0.05, 0) is 23.8 Å². The van der Waals surface area contributed by atoms with Crippen molar-refractivity contribution in [1.29, 1.82) is 0 Å². The van der Waals surface area contributed by atoms with Gasteiger partial charge in [-0.15, -0.1) is 0 Å². The van der Waals surface area contributed by atoms with Crippen molar-refractivity contribution in [3.63, 3.8) is 0 Å². The molecule has 26 heavy (non-hydrogen) atoms. The Balaban J connectivity index is 1.39. The van der Waals surface area contributed by atoms with E-state index in [1.807, 2.05) is 29.2 Å². The molecule has 0 saturated carbocycles. The first kappa shape index (κ1) is 16.4. The van der Waals surface area contributed by atoms with E-state index < -0.39 is 0 Å². The van der Waals surface area contributed by atoms with Gasteiger partial charge in [-0.2, -0.15) is 5.10 Å². The Hall–Kier alpha value is -3.12. The highest BCUT2D eigenvalue weighted by molar-refractivity contribution is 5.86. The molecule has 6 heteroatoms. The van der Waals surface area contributed by atoms with Gasteiger partial charge in [-0.25, -0.2) is 19.6 Å². The molecule has 130 valence electrons. The predicted octanol–water partition coefficient (Wildman–Crippen LogP) is 3.24. The predicted molar refractivity (Wildman–Crippen MR) is 101 cm³/mol. The first-order chi connectivity index (χ1) is 12.8. The van der Waals surface area contributed by atoms with E-state index in [4.69, 9.17) is 0 Å². The van der Waals surface area contributed by atoms with Crippen LogP contribution in [0.5, 0.6) is 0 Å². The van der Waals surface area contributed by atoms with Crippen LogP contribution in [0.1, 0.15) is 18.5 Å². The second kappa shape index (κ2) is 7.41. The van der Waals surface area contributed by atoms with E-state index in [0.29, 0.717) is 0 Å². The molecule has 0 radical (unpaired) electrons. The van der Waals surface area contributed by atoms with E-state index in [-0.39, 0.29) is 6.04 Å². The van der Waals surface area contributed by atoms with Crippen LogP contribution in [-0.2, 0) is 6.54 Å². The van der Waals surface area contributed by atoms with Crippen molar-refractivity contribution in [3.8, 4) is 11.4 Å². The second-order valence-corrected chi connectivity index (χ2v) is 6.33. The fourth-order valence-electron chi connectivity index (χ4n) is 2.89. The number of nitrogens with one attached hydrogen (secondary N) is 1. The fourth-order valence-corrected chi connectivity index (χ4v) is 2.89. The van der Waals surface area contributed by atoms with Gasteiger partial charge in [0.25, 0.3) is 0 Å². The number of aromatic nitrogens is 5. The molecule has 2 heterocycles. The molecule has 0 amide bonds. The fraction of sp³-hybridized carbons (Fsp3) is 0.200. The van der Waals surface area contributed by atoms with Crippen molar-refractivity contribution in [2.75, 3.05) is 6.54 Å². The second-order valence-electron chi connectivity index (χ2n) is 6.33. The number of rotatable bonds is 6. The molecule has 0 aliphatic heterocycles. The molecule has 0 unspecified atom stereocenters. The lowest BCUT2D eigenvalue weighted by molar-refractivity contribution is 0.452. The largest absolute Gasteiger partial charge is 0.310 e. The molecule has 0 fully saturated rings. The van der Waals surface area contributed by atoms with Crippen LogP contribution in [0.4, 0.5) is 0 Å². The summed E-state index contributed by atoms with van der Waals surface area (Å²) in [6, 6.07) is 14.8. The molecule has 4 rings (SSSR count). The molecule has 1 atom stereocenters. The number of nitrogens with zero attached hydrogens (tertiary/aromatic N) is 5. The molecule has 4 aromatic rings. The summed E-state index contributed by atoms with van der Waals surface area (Å²) < 4.78 is 1.84. The molecule has 2 aromatic carbocycles. The quantitative estimate of drug-likeness (QED) is 0.581. The Morgan fingerprint density at radius 1 is 1.04 bits per heavy atom. The normalized spacial score (nSPS) is 12.3. The van der Waals surface area contributed by atoms with Crippen LogP contribution >= 0.6 is 0 Å². The van der Waals surface area contributed by atoms with Crippen molar-refractivity contribution in [2.24, 2.45) is 0 Å². The highest BCUT2D eigenvalue weighted by Gasteiger charge is 2.06.